The molecule has 1 amide bonds. The van der Waals surface area contributed by atoms with Crippen molar-refractivity contribution in [2.75, 3.05) is 17.7 Å². The Morgan fingerprint density at radius 1 is 1.22 bits per heavy atom. The summed E-state index contributed by atoms with van der Waals surface area (Å²) in [5, 5.41) is 2.76. The molecule has 0 radical (unpaired) electrons. The van der Waals surface area contributed by atoms with Crippen LogP contribution in [-0.4, -0.2) is 55.0 Å². The number of rotatable bonds is 9. The number of ether oxygens (including phenoxy) is 2. The Labute approximate surface area is 213 Å². The van der Waals surface area contributed by atoms with E-state index in [9.17, 15) is 14.4 Å². The zero-order chi connectivity index (χ0) is 25.7. The van der Waals surface area contributed by atoms with Gasteiger partial charge in [0.1, 0.15) is 11.7 Å². The van der Waals surface area contributed by atoms with E-state index in [-0.39, 0.29) is 47.5 Å². The summed E-state index contributed by atoms with van der Waals surface area (Å²) < 4.78 is 13.8. The minimum absolute atomic E-state index is 0.0462. The number of hydrogen-bond acceptors (Lipinski definition) is 9. The molecular weight excluding hydrogens is 482 g/mol. The van der Waals surface area contributed by atoms with Crippen LogP contribution in [0, 0.1) is 11.8 Å². The lowest BCUT2D eigenvalue weighted by molar-refractivity contribution is -0.119. The molecule has 3 heterocycles. The van der Waals surface area contributed by atoms with E-state index in [1.54, 1.807) is 50.6 Å². The first kappa shape index (κ1) is 25.8. The molecule has 1 aliphatic heterocycles. The van der Waals surface area contributed by atoms with E-state index in [1.165, 1.54) is 18.7 Å². The van der Waals surface area contributed by atoms with Gasteiger partial charge in [-0.1, -0.05) is 43.8 Å². The first-order valence-electron chi connectivity index (χ1n) is 11.8. The van der Waals surface area contributed by atoms with Gasteiger partial charge < -0.3 is 9.47 Å². The molecule has 0 saturated carbocycles. The molecule has 1 aromatic carbocycles. The average Bonchev–Trinajstić information content (AvgIpc) is 3.46. The van der Waals surface area contributed by atoms with E-state index in [0.29, 0.717) is 35.3 Å². The van der Waals surface area contributed by atoms with Crippen LogP contribution in [0.1, 0.15) is 50.2 Å². The van der Waals surface area contributed by atoms with Crippen LogP contribution >= 0.6 is 11.8 Å². The molecular formula is C25H29N5O5S. The van der Waals surface area contributed by atoms with Gasteiger partial charge in [0.2, 0.25) is 11.9 Å². The minimum Gasteiger partial charge on any atom is -0.462 e. The molecule has 1 saturated heterocycles. The minimum atomic E-state index is -0.397. The van der Waals surface area contributed by atoms with E-state index >= 15 is 0 Å². The van der Waals surface area contributed by atoms with Gasteiger partial charge >= 0.3 is 5.97 Å². The summed E-state index contributed by atoms with van der Waals surface area (Å²) >= 11 is 1.25. The van der Waals surface area contributed by atoms with Crippen LogP contribution < -0.4 is 5.32 Å². The number of aromatic nitrogens is 4. The molecule has 36 heavy (non-hydrogen) atoms. The highest BCUT2D eigenvalue weighted by Gasteiger charge is 2.37. The number of anilines is 1. The van der Waals surface area contributed by atoms with Crippen molar-refractivity contribution in [1.29, 1.82) is 0 Å². The monoisotopic (exact) mass is 511 g/mol. The largest absolute Gasteiger partial charge is 0.462 e. The second kappa shape index (κ2) is 11.6. The standard InChI is InChI=1S/C25H29N5O5S/c1-15(2)23(32)29-25-26-12-19-22(28-25)30(14-27-19)21-11-18(20(35-21)9-10-36-16(3)31)13-34-24(33)17-7-5-4-6-8-17/h4-8,12,14-15,18,20-21H,9-11,13H2,1-3H3,(H,26,28,29,32)/t18-,20-,21-/m1/s1. The van der Waals surface area contributed by atoms with Crippen molar-refractivity contribution in [2.45, 2.75) is 45.9 Å². The SMILES string of the molecule is CC(=O)SCC[C@H]1O[C@@H](n2cnc3cnc(NC(=O)C(C)C)nc32)C[C@@H]1COC(=O)c1ccccc1. The molecule has 10 nitrogen and oxygen atoms in total. The Hall–Kier alpha value is -3.31. The van der Waals surface area contributed by atoms with Crippen LogP contribution in [0.4, 0.5) is 5.95 Å². The maximum atomic E-state index is 12.5. The molecule has 1 fully saturated rings. The maximum absolute atomic E-state index is 12.5. The van der Waals surface area contributed by atoms with Crippen LogP contribution in [-0.2, 0) is 19.1 Å². The quantitative estimate of drug-likeness (QED) is 0.426. The number of amides is 1. The summed E-state index contributed by atoms with van der Waals surface area (Å²) in [6, 6.07) is 8.84. The first-order valence-corrected chi connectivity index (χ1v) is 12.8. The number of nitrogens with one attached hydrogen (secondary N) is 1. The molecule has 4 rings (SSSR count). The molecule has 3 atom stereocenters. The van der Waals surface area contributed by atoms with Gasteiger partial charge in [-0.15, -0.1) is 0 Å². The number of benzene rings is 1. The average molecular weight is 512 g/mol. The van der Waals surface area contributed by atoms with Gasteiger partial charge in [-0.25, -0.2) is 14.8 Å². The highest BCUT2D eigenvalue weighted by Crippen LogP contribution is 2.37. The van der Waals surface area contributed by atoms with Gasteiger partial charge in [0.15, 0.2) is 10.8 Å². The van der Waals surface area contributed by atoms with Gasteiger partial charge in [-0.05, 0) is 18.6 Å². The van der Waals surface area contributed by atoms with E-state index in [4.69, 9.17) is 9.47 Å². The van der Waals surface area contributed by atoms with Crippen molar-refractivity contribution in [3.8, 4) is 0 Å². The predicted molar refractivity (Wildman–Crippen MR) is 135 cm³/mol. The Morgan fingerprint density at radius 2 is 2.00 bits per heavy atom. The fourth-order valence-corrected chi connectivity index (χ4v) is 4.59. The Kier molecular flexibility index (Phi) is 8.32. The third-order valence-electron chi connectivity index (χ3n) is 5.89. The highest BCUT2D eigenvalue weighted by molar-refractivity contribution is 8.13. The van der Waals surface area contributed by atoms with Crippen LogP contribution in [0.2, 0.25) is 0 Å². The number of hydrogen-bond donors (Lipinski definition) is 1. The smallest absolute Gasteiger partial charge is 0.338 e. The lowest BCUT2D eigenvalue weighted by Gasteiger charge is -2.18. The number of imidazole rings is 1. The number of fused-ring (bicyclic) bond motifs is 1. The summed E-state index contributed by atoms with van der Waals surface area (Å²) in [5.41, 5.74) is 1.60. The number of nitrogens with zero attached hydrogens (tertiary/aromatic N) is 4. The molecule has 1 N–H and O–H groups in total. The summed E-state index contributed by atoms with van der Waals surface area (Å²) in [4.78, 5) is 49.0. The summed E-state index contributed by atoms with van der Waals surface area (Å²) in [6.45, 7) is 5.31. The van der Waals surface area contributed by atoms with E-state index in [1.807, 2.05) is 10.6 Å². The normalized spacial score (nSPS) is 19.5. The third-order valence-corrected chi connectivity index (χ3v) is 6.74. The van der Waals surface area contributed by atoms with Crippen molar-refractivity contribution in [2.24, 2.45) is 11.8 Å². The Balaban J connectivity index is 1.50. The molecule has 3 aromatic rings. The van der Waals surface area contributed by atoms with Gasteiger partial charge in [0.05, 0.1) is 30.8 Å². The lowest BCUT2D eigenvalue weighted by Crippen LogP contribution is -2.23. The number of carbonyl (C=O) groups is 3. The highest BCUT2D eigenvalue weighted by atomic mass is 32.2. The van der Waals surface area contributed by atoms with Crippen LogP contribution in [0.3, 0.4) is 0 Å². The van der Waals surface area contributed by atoms with Crippen LogP contribution in [0.25, 0.3) is 11.2 Å². The predicted octanol–water partition coefficient (Wildman–Crippen LogP) is 3.85. The molecule has 1 aliphatic rings. The number of esters is 1. The van der Waals surface area contributed by atoms with Crippen LogP contribution in [0.5, 0.6) is 0 Å². The molecule has 0 unspecified atom stereocenters. The zero-order valence-electron chi connectivity index (χ0n) is 20.4. The van der Waals surface area contributed by atoms with Crippen molar-refractivity contribution >= 4 is 45.9 Å². The van der Waals surface area contributed by atoms with E-state index < -0.39 is 6.23 Å². The second-order valence-corrected chi connectivity index (χ2v) is 10.2. The Morgan fingerprint density at radius 3 is 2.72 bits per heavy atom. The molecule has 0 aliphatic carbocycles. The zero-order valence-corrected chi connectivity index (χ0v) is 21.2. The van der Waals surface area contributed by atoms with Crippen molar-refractivity contribution < 1.29 is 23.9 Å². The molecule has 11 heteroatoms. The summed E-state index contributed by atoms with van der Waals surface area (Å²) in [5.74, 6) is -0.0459. The van der Waals surface area contributed by atoms with Gasteiger partial charge in [0, 0.05) is 30.9 Å². The summed E-state index contributed by atoms with van der Waals surface area (Å²) in [7, 11) is 0. The van der Waals surface area contributed by atoms with Gasteiger partial charge in [0.25, 0.3) is 0 Å². The third kappa shape index (κ3) is 6.27. The fraction of sp³-hybridized carbons (Fsp3) is 0.440. The van der Waals surface area contributed by atoms with E-state index in [2.05, 4.69) is 20.3 Å². The molecule has 0 spiro atoms. The fourth-order valence-electron chi connectivity index (χ4n) is 3.95. The Bertz CT molecular complexity index is 1230. The number of thioether (sulfide) groups is 1. The first-order chi connectivity index (χ1) is 17.3. The second-order valence-electron chi connectivity index (χ2n) is 8.92. The van der Waals surface area contributed by atoms with Crippen LogP contribution in [0.15, 0.2) is 42.9 Å². The summed E-state index contributed by atoms with van der Waals surface area (Å²) in [6.07, 6.45) is 3.78. The van der Waals surface area contributed by atoms with Gasteiger partial charge in [-0.3, -0.25) is 19.5 Å². The molecule has 2 aromatic heterocycles. The topological polar surface area (TPSA) is 125 Å². The van der Waals surface area contributed by atoms with E-state index in [0.717, 1.165) is 0 Å². The lowest BCUT2D eigenvalue weighted by atomic mass is 10.00. The molecule has 190 valence electrons. The van der Waals surface area contributed by atoms with Crippen molar-refractivity contribution in [3.63, 3.8) is 0 Å². The van der Waals surface area contributed by atoms with Crippen molar-refractivity contribution in [3.05, 3.63) is 48.4 Å². The molecule has 0 bridgehead atoms. The number of carbonyl (C=O) groups excluding carboxylic acids is 3. The van der Waals surface area contributed by atoms with Gasteiger partial charge in [-0.2, -0.15) is 4.98 Å². The van der Waals surface area contributed by atoms with Crippen molar-refractivity contribution in [1.82, 2.24) is 19.5 Å². The maximum Gasteiger partial charge on any atom is 0.338 e.